The molecule has 0 spiro atoms. The summed E-state index contributed by atoms with van der Waals surface area (Å²) in [6.07, 6.45) is 17.5. The number of ether oxygens (including phenoxy) is 1. The van der Waals surface area contributed by atoms with E-state index in [-0.39, 0.29) is 19.1 Å². The quantitative estimate of drug-likeness (QED) is 0.0423. The Balaban J connectivity index is 3.64. The highest BCUT2D eigenvalue weighted by molar-refractivity contribution is 7.46. The molecule has 10 heteroatoms. The highest BCUT2D eigenvalue weighted by Gasteiger charge is 2.17. The molecular weight excluding hydrogens is 427 g/mol. The molecule has 0 radical (unpaired) electrons. The second kappa shape index (κ2) is 19.4. The molecule has 2 unspecified atom stereocenters. The summed E-state index contributed by atoms with van der Waals surface area (Å²) in [5, 5.41) is 18.2. The van der Waals surface area contributed by atoms with Gasteiger partial charge < -0.3 is 19.6 Å². The minimum absolute atomic E-state index is 0.234. The molecule has 0 saturated carbocycles. The molecule has 0 aliphatic heterocycles. The molecule has 0 aliphatic rings. The molecule has 0 heterocycles. The Bertz CT molecular complexity index is 583. The van der Waals surface area contributed by atoms with Crippen LogP contribution in [-0.2, 0) is 23.5 Å². The highest BCUT2D eigenvalue weighted by atomic mass is 31.2. The van der Waals surface area contributed by atoms with Crippen molar-refractivity contribution in [1.82, 2.24) is 0 Å². The molecule has 4 N–H and O–H groups in total. The van der Waals surface area contributed by atoms with Crippen LogP contribution in [0.4, 0.5) is 0 Å². The zero-order chi connectivity index (χ0) is 23.4. The zero-order valence-electron chi connectivity index (χ0n) is 18.2. The fourth-order valence-corrected chi connectivity index (χ4v) is 2.84. The van der Waals surface area contributed by atoms with Gasteiger partial charge in [0.1, 0.15) is 18.8 Å². The van der Waals surface area contributed by atoms with E-state index >= 15 is 0 Å². The van der Waals surface area contributed by atoms with E-state index in [1.165, 1.54) is 0 Å². The van der Waals surface area contributed by atoms with E-state index < -0.39 is 26.5 Å². The summed E-state index contributed by atoms with van der Waals surface area (Å²) in [4.78, 5) is 33.0. The van der Waals surface area contributed by atoms with Gasteiger partial charge in [-0.25, -0.2) is 9.45 Å². The van der Waals surface area contributed by atoms with Crippen LogP contribution in [0, 0.1) is 0 Å². The minimum atomic E-state index is -4.64. The molecule has 0 aromatic rings. The number of aliphatic hydroxyl groups excluding tert-OH is 1. The molecule has 9 nitrogen and oxygen atoms in total. The minimum Gasteiger partial charge on any atom is -0.463 e. The normalized spacial score (nSPS) is 14.6. The van der Waals surface area contributed by atoms with E-state index in [1.807, 2.05) is 31.2 Å². The van der Waals surface area contributed by atoms with Crippen LogP contribution < -0.4 is 0 Å². The van der Waals surface area contributed by atoms with Crippen molar-refractivity contribution in [3.63, 3.8) is 0 Å². The number of carbonyl (C=O) groups excluding carboxylic acids is 1. The predicted octanol–water partition coefficient (Wildman–Crippen LogP) is 4.06. The lowest BCUT2D eigenvalue weighted by Gasteiger charge is -2.12. The smallest absolute Gasteiger partial charge is 0.463 e. The Morgan fingerprint density at radius 2 is 1.71 bits per heavy atom. The van der Waals surface area contributed by atoms with Crippen LogP contribution in [0.1, 0.15) is 64.7 Å². The number of hydrogen-bond acceptors (Lipinski definition) is 7. The number of unbranched alkanes of at least 4 members (excludes halogenated alkanes) is 5. The van der Waals surface area contributed by atoms with Gasteiger partial charge in [0.2, 0.25) is 0 Å². The lowest BCUT2D eigenvalue weighted by atomic mass is 10.1. The second-order valence-electron chi connectivity index (χ2n) is 7.00. The van der Waals surface area contributed by atoms with Crippen LogP contribution in [0.25, 0.3) is 0 Å². The first kappa shape index (κ1) is 29.7. The summed E-state index contributed by atoms with van der Waals surface area (Å²) >= 11 is 0. The Hall–Kier alpha value is -1.32. The molecule has 0 aliphatic carbocycles. The molecule has 0 amide bonds. The highest BCUT2D eigenvalue weighted by Crippen LogP contribution is 2.35. The first-order valence-corrected chi connectivity index (χ1v) is 12.1. The number of carbonyl (C=O) groups is 1. The van der Waals surface area contributed by atoms with Crippen LogP contribution >= 0.6 is 7.82 Å². The van der Waals surface area contributed by atoms with Gasteiger partial charge in [-0.3, -0.25) is 14.6 Å². The Morgan fingerprint density at radius 3 is 2.39 bits per heavy atom. The van der Waals surface area contributed by atoms with Crippen LogP contribution in [0.15, 0.2) is 36.5 Å². The molecule has 2 atom stereocenters. The topological polar surface area (TPSA) is 143 Å². The van der Waals surface area contributed by atoms with E-state index in [0.29, 0.717) is 12.8 Å². The standard InChI is InChI=1S/C21H37O9P/c1-2-3-11-14-20(30-24)15-12-9-7-5-4-6-8-10-13-16-21(23)28-17-19(22)18-29-31(25,26)27/h3,7,9,11-12,15,19-20,22,24H,2,4-6,8,10,13-14,16-18H2,1H3,(H2,25,26,27). The van der Waals surface area contributed by atoms with Gasteiger partial charge >= 0.3 is 13.8 Å². The van der Waals surface area contributed by atoms with Gasteiger partial charge in [0.05, 0.1) is 6.61 Å². The molecule has 0 aromatic carbocycles. The molecule has 180 valence electrons. The first-order chi connectivity index (χ1) is 14.8. The number of allylic oxidation sites excluding steroid dienone is 4. The van der Waals surface area contributed by atoms with Gasteiger partial charge in [-0.05, 0) is 32.1 Å². The van der Waals surface area contributed by atoms with Gasteiger partial charge in [0, 0.05) is 6.42 Å². The number of hydrogen-bond donors (Lipinski definition) is 4. The van der Waals surface area contributed by atoms with Crippen molar-refractivity contribution >= 4 is 13.8 Å². The van der Waals surface area contributed by atoms with E-state index in [2.05, 4.69) is 15.5 Å². The number of esters is 1. The van der Waals surface area contributed by atoms with Crippen LogP contribution in [0.5, 0.6) is 0 Å². The molecule has 0 aromatic heterocycles. The molecule has 0 fully saturated rings. The second-order valence-corrected chi connectivity index (χ2v) is 8.24. The SMILES string of the molecule is CCC=CCC(C=CC=CCCCCCCCC(=O)OCC(O)COP(=O)(O)O)OO. The maximum absolute atomic E-state index is 11.6. The van der Waals surface area contributed by atoms with Gasteiger partial charge in [-0.2, -0.15) is 0 Å². The van der Waals surface area contributed by atoms with Gasteiger partial charge in [-0.15, -0.1) is 0 Å². The number of phosphoric acid groups is 1. The lowest BCUT2D eigenvalue weighted by Crippen LogP contribution is -2.23. The third-order valence-electron chi connectivity index (χ3n) is 4.10. The maximum Gasteiger partial charge on any atom is 0.469 e. The third-order valence-corrected chi connectivity index (χ3v) is 4.59. The van der Waals surface area contributed by atoms with E-state index in [9.17, 15) is 14.5 Å². The predicted molar refractivity (Wildman–Crippen MR) is 117 cm³/mol. The maximum atomic E-state index is 11.6. The van der Waals surface area contributed by atoms with Crippen molar-refractivity contribution in [2.24, 2.45) is 0 Å². The summed E-state index contributed by atoms with van der Waals surface area (Å²) in [6.45, 7) is 1.08. The summed E-state index contributed by atoms with van der Waals surface area (Å²) in [5.41, 5.74) is 0. The fraction of sp³-hybridized carbons (Fsp3) is 0.667. The zero-order valence-corrected chi connectivity index (χ0v) is 19.1. The largest absolute Gasteiger partial charge is 0.469 e. The average Bonchev–Trinajstić information content (AvgIpc) is 2.72. The van der Waals surface area contributed by atoms with Gasteiger partial charge in [0.25, 0.3) is 0 Å². The molecular formula is C21H37O9P. The average molecular weight is 464 g/mol. The monoisotopic (exact) mass is 464 g/mol. The molecule has 31 heavy (non-hydrogen) atoms. The third kappa shape index (κ3) is 21.7. The Kier molecular flexibility index (Phi) is 18.5. The molecule has 0 saturated heterocycles. The van der Waals surface area contributed by atoms with Crippen LogP contribution in [0.2, 0.25) is 0 Å². The van der Waals surface area contributed by atoms with E-state index in [4.69, 9.17) is 19.8 Å². The van der Waals surface area contributed by atoms with Crippen molar-refractivity contribution in [3.8, 4) is 0 Å². The van der Waals surface area contributed by atoms with Crippen LogP contribution in [-0.4, -0.2) is 51.5 Å². The number of rotatable bonds is 19. The summed E-state index contributed by atoms with van der Waals surface area (Å²) < 4.78 is 19.5. The van der Waals surface area contributed by atoms with Crippen molar-refractivity contribution in [1.29, 1.82) is 0 Å². The van der Waals surface area contributed by atoms with Crippen LogP contribution in [0.3, 0.4) is 0 Å². The lowest BCUT2D eigenvalue weighted by molar-refractivity contribution is -0.264. The molecule has 0 rings (SSSR count). The van der Waals surface area contributed by atoms with Gasteiger partial charge in [0.15, 0.2) is 0 Å². The summed E-state index contributed by atoms with van der Waals surface area (Å²) in [5.74, 6) is -0.458. The molecule has 0 bridgehead atoms. The van der Waals surface area contributed by atoms with Crippen molar-refractivity contribution in [3.05, 3.63) is 36.5 Å². The summed E-state index contributed by atoms with van der Waals surface area (Å²) in [7, 11) is -4.64. The first-order valence-electron chi connectivity index (χ1n) is 10.6. The van der Waals surface area contributed by atoms with Crippen molar-refractivity contribution < 1.29 is 43.7 Å². The van der Waals surface area contributed by atoms with Crippen molar-refractivity contribution in [2.45, 2.75) is 76.9 Å². The number of phosphoric ester groups is 1. The Morgan fingerprint density at radius 1 is 1.00 bits per heavy atom. The summed E-state index contributed by atoms with van der Waals surface area (Å²) in [6, 6.07) is 0. The Labute approximate surface area is 184 Å². The number of aliphatic hydroxyl groups is 1. The van der Waals surface area contributed by atoms with E-state index in [1.54, 1.807) is 6.08 Å². The van der Waals surface area contributed by atoms with E-state index in [0.717, 1.165) is 38.5 Å². The van der Waals surface area contributed by atoms with Gasteiger partial charge in [-0.1, -0.05) is 62.6 Å². The fourth-order valence-electron chi connectivity index (χ4n) is 2.47. The van der Waals surface area contributed by atoms with Crippen molar-refractivity contribution in [2.75, 3.05) is 13.2 Å².